The van der Waals surface area contributed by atoms with Crippen molar-refractivity contribution in [3.63, 3.8) is 0 Å². The zero-order chi connectivity index (χ0) is 17.1. The second-order valence-electron chi connectivity index (χ2n) is 5.86. The highest BCUT2D eigenvalue weighted by Crippen LogP contribution is 2.30. The van der Waals surface area contributed by atoms with E-state index in [0.717, 1.165) is 16.8 Å². The lowest BCUT2D eigenvalue weighted by atomic mass is 10.1. The van der Waals surface area contributed by atoms with Crippen LogP contribution < -0.4 is 15.0 Å². The third kappa shape index (κ3) is 3.25. The van der Waals surface area contributed by atoms with Gasteiger partial charge in [0, 0.05) is 18.7 Å². The number of fused-ring (bicyclic) bond motifs is 1. The number of aryl methyl sites for hydroxylation is 2. The second kappa shape index (κ2) is 6.74. The Balaban J connectivity index is 1.63. The summed E-state index contributed by atoms with van der Waals surface area (Å²) in [5, 5.41) is 2.87. The lowest BCUT2D eigenvalue weighted by molar-refractivity contribution is -0.121. The number of benzene rings is 2. The maximum absolute atomic E-state index is 12.2. The Hall–Kier alpha value is -2.82. The van der Waals surface area contributed by atoms with Crippen molar-refractivity contribution in [2.75, 3.05) is 24.6 Å². The Kier molecular flexibility index (Phi) is 4.51. The zero-order valence-electron chi connectivity index (χ0n) is 13.8. The zero-order valence-corrected chi connectivity index (χ0v) is 13.8. The van der Waals surface area contributed by atoms with Gasteiger partial charge in [-0.2, -0.15) is 0 Å². The van der Waals surface area contributed by atoms with Crippen LogP contribution in [0.25, 0.3) is 0 Å². The highest BCUT2D eigenvalue weighted by Gasteiger charge is 2.24. The van der Waals surface area contributed by atoms with Crippen LogP contribution in [0.15, 0.2) is 42.5 Å². The summed E-state index contributed by atoms with van der Waals surface area (Å²) in [5.74, 6) is 0.457. The van der Waals surface area contributed by atoms with Crippen LogP contribution in [-0.4, -0.2) is 31.5 Å². The van der Waals surface area contributed by atoms with E-state index in [9.17, 15) is 9.59 Å². The number of carbonyl (C=O) groups excluding carboxylic acids is 2. The van der Waals surface area contributed by atoms with Crippen molar-refractivity contribution < 1.29 is 14.3 Å². The molecule has 0 saturated heterocycles. The first-order valence-corrected chi connectivity index (χ1v) is 7.94. The van der Waals surface area contributed by atoms with E-state index in [4.69, 9.17) is 4.74 Å². The molecular formula is C19H20N2O3. The number of hydrogen-bond acceptors (Lipinski definition) is 3. The van der Waals surface area contributed by atoms with E-state index in [-0.39, 0.29) is 18.4 Å². The average molecular weight is 324 g/mol. The number of anilines is 1. The summed E-state index contributed by atoms with van der Waals surface area (Å²) in [5.41, 5.74) is 3.61. The predicted octanol–water partition coefficient (Wildman–Crippen LogP) is 2.46. The smallest absolute Gasteiger partial charge is 0.265 e. The Morgan fingerprint density at radius 3 is 2.75 bits per heavy atom. The molecule has 124 valence electrons. The number of amides is 2. The lowest BCUT2D eigenvalue weighted by Gasteiger charge is -2.29. The fourth-order valence-corrected chi connectivity index (χ4v) is 2.67. The van der Waals surface area contributed by atoms with Crippen LogP contribution in [0.5, 0.6) is 5.75 Å². The average Bonchev–Trinajstić information content (AvgIpc) is 2.59. The molecule has 0 aromatic heterocycles. The van der Waals surface area contributed by atoms with Crippen molar-refractivity contribution in [1.82, 2.24) is 5.32 Å². The summed E-state index contributed by atoms with van der Waals surface area (Å²) in [6.07, 6.45) is 0. The number of para-hydroxylation sites is 2. The van der Waals surface area contributed by atoms with Crippen LogP contribution >= 0.6 is 0 Å². The molecule has 0 atom stereocenters. The molecule has 0 fully saturated rings. The highest BCUT2D eigenvalue weighted by molar-refractivity contribution is 5.98. The molecule has 0 unspecified atom stereocenters. The van der Waals surface area contributed by atoms with Gasteiger partial charge in [-0.1, -0.05) is 18.2 Å². The van der Waals surface area contributed by atoms with Crippen molar-refractivity contribution in [3.05, 3.63) is 59.2 Å². The van der Waals surface area contributed by atoms with Gasteiger partial charge in [-0.15, -0.1) is 0 Å². The minimum Gasteiger partial charge on any atom is -0.482 e. The van der Waals surface area contributed by atoms with Crippen LogP contribution in [0.2, 0.25) is 0 Å². The molecule has 1 aliphatic heterocycles. The molecule has 0 aliphatic carbocycles. The summed E-state index contributed by atoms with van der Waals surface area (Å²) in [4.78, 5) is 26.0. The fourth-order valence-electron chi connectivity index (χ4n) is 2.67. The quantitative estimate of drug-likeness (QED) is 0.940. The largest absolute Gasteiger partial charge is 0.482 e. The van der Waals surface area contributed by atoms with Crippen molar-refractivity contribution in [1.29, 1.82) is 0 Å². The monoisotopic (exact) mass is 324 g/mol. The highest BCUT2D eigenvalue weighted by atomic mass is 16.5. The van der Waals surface area contributed by atoms with Gasteiger partial charge in [-0.05, 0) is 49.2 Å². The maximum atomic E-state index is 12.2. The van der Waals surface area contributed by atoms with Gasteiger partial charge in [-0.3, -0.25) is 9.59 Å². The van der Waals surface area contributed by atoms with Gasteiger partial charge in [0.1, 0.15) is 5.75 Å². The first kappa shape index (κ1) is 16.1. The Bertz CT molecular complexity index is 786. The molecule has 24 heavy (non-hydrogen) atoms. The van der Waals surface area contributed by atoms with Gasteiger partial charge in [0.15, 0.2) is 6.61 Å². The van der Waals surface area contributed by atoms with E-state index in [2.05, 4.69) is 5.32 Å². The SMILES string of the molecule is Cc1ccc(C(=O)NCCN2C(=O)COc3ccccc32)cc1C. The molecule has 1 aliphatic rings. The van der Waals surface area contributed by atoms with E-state index >= 15 is 0 Å². The predicted molar refractivity (Wildman–Crippen MR) is 92.5 cm³/mol. The molecule has 5 nitrogen and oxygen atoms in total. The number of ether oxygens (including phenoxy) is 1. The number of rotatable bonds is 4. The van der Waals surface area contributed by atoms with Crippen molar-refractivity contribution in [2.24, 2.45) is 0 Å². The molecule has 0 radical (unpaired) electrons. The van der Waals surface area contributed by atoms with Gasteiger partial charge in [-0.25, -0.2) is 0 Å². The molecule has 0 bridgehead atoms. The Morgan fingerprint density at radius 1 is 1.17 bits per heavy atom. The topological polar surface area (TPSA) is 58.6 Å². The lowest BCUT2D eigenvalue weighted by Crippen LogP contribution is -2.43. The van der Waals surface area contributed by atoms with Gasteiger partial charge in [0.25, 0.3) is 11.8 Å². The summed E-state index contributed by atoms with van der Waals surface area (Å²) < 4.78 is 5.41. The van der Waals surface area contributed by atoms with Crippen LogP contribution in [0.3, 0.4) is 0 Å². The van der Waals surface area contributed by atoms with Gasteiger partial charge < -0.3 is 15.0 Å². The van der Waals surface area contributed by atoms with E-state index < -0.39 is 0 Å². The number of hydrogen-bond donors (Lipinski definition) is 1. The standard InChI is InChI=1S/C19H20N2O3/c1-13-7-8-15(11-14(13)2)19(23)20-9-10-21-16-5-3-4-6-17(16)24-12-18(21)22/h3-8,11H,9-10,12H2,1-2H3,(H,20,23). The first-order chi connectivity index (χ1) is 11.6. The van der Waals surface area contributed by atoms with E-state index in [0.29, 0.717) is 24.4 Å². The van der Waals surface area contributed by atoms with Crippen LogP contribution in [0.1, 0.15) is 21.5 Å². The molecule has 1 N–H and O–H groups in total. The molecule has 5 heteroatoms. The minimum atomic E-state index is -0.132. The third-order valence-corrected chi connectivity index (χ3v) is 4.20. The van der Waals surface area contributed by atoms with Gasteiger partial charge >= 0.3 is 0 Å². The molecule has 1 heterocycles. The van der Waals surface area contributed by atoms with E-state index in [1.54, 1.807) is 4.90 Å². The van der Waals surface area contributed by atoms with E-state index in [1.165, 1.54) is 0 Å². The first-order valence-electron chi connectivity index (χ1n) is 7.94. The summed E-state index contributed by atoms with van der Waals surface area (Å²) in [7, 11) is 0. The Labute approximate surface area is 141 Å². The minimum absolute atomic E-state index is 0.0299. The van der Waals surface area contributed by atoms with Gasteiger partial charge in [0.2, 0.25) is 0 Å². The van der Waals surface area contributed by atoms with Crippen molar-refractivity contribution in [2.45, 2.75) is 13.8 Å². The number of nitrogens with one attached hydrogen (secondary N) is 1. The van der Waals surface area contributed by atoms with Crippen molar-refractivity contribution in [3.8, 4) is 5.75 Å². The molecule has 2 amide bonds. The third-order valence-electron chi connectivity index (χ3n) is 4.20. The number of carbonyl (C=O) groups is 2. The normalized spacial score (nSPS) is 13.2. The Morgan fingerprint density at radius 2 is 1.96 bits per heavy atom. The van der Waals surface area contributed by atoms with Crippen LogP contribution in [-0.2, 0) is 4.79 Å². The molecular weight excluding hydrogens is 304 g/mol. The second-order valence-corrected chi connectivity index (χ2v) is 5.86. The molecule has 0 spiro atoms. The number of nitrogens with zero attached hydrogens (tertiary/aromatic N) is 1. The molecule has 0 saturated carbocycles. The maximum Gasteiger partial charge on any atom is 0.265 e. The van der Waals surface area contributed by atoms with Crippen molar-refractivity contribution >= 4 is 17.5 Å². The summed E-state index contributed by atoms with van der Waals surface area (Å²) in [6, 6.07) is 13.0. The van der Waals surface area contributed by atoms with Crippen LogP contribution in [0.4, 0.5) is 5.69 Å². The fraction of sp³-hybridized carbons (Fsp3) is 0.263. The molecule has 2 aromatic rings. The summed E-state index contributed by atoms with van der Waals surface area (Å²) in [6.45, 7) is 4.82. The van der Waals surface area contributed by atoms with Crippen LogP contribution in [0, 0.1) is 13.8 Å². The molecule has 3 rings (SSSR count). The summed E-state index contributed by atoms with van der Waals surface area (Å²) >= 11 is 0. The van der Waals surface area contributed by atoms with E-state index in [1.807, 2.05) is 56.3 Å². The molecule has 2 aromatic carbocycles. The van der Waals surface area contributed by atoms with Gasteiger partial charge in [0.05, 0.1) is 5.69 Å².